The first-order chi connectivity index (χ1) is 9.46. The van der Waals surface area contributed by atoms with Gasteiger partial charge in [-0.2, -0.15) is 0 Å². The Hall–Kier alpha value is -1.12. The highest BCUT2D eigenvalue weighted by Gasteiger charge is 2.53. The number of hydrogen-bond acceptors (Lipinski definition) is 2. The minimum Gasteiger partial charge on any atom is -0.389 e. The summed E-state index contributed by atoms with van der Waals surface area (Å²) in [4.78, 5) is 0. The number of fused-ring (bicyclic) bond motifs is 1. The summed E-state index contributed by atoms with van der Waals surface area (Å²) in [7, 11) is 0. The van der Waals surface area contributed by atoms with Gasteiger partial charge in [0.1, 0.15) is 5.60 Å². The Balaban J connectivity index is 2.15. The Morgan fingerprint density at radius 2 is 1.95 bits per heavy atom. The van der Waals surface area contributed by atoms with Gasteiger partial charge >= 0.3 is 0 Å². The van der Waals surface area contributed by atoms with E-state index in [4.69, 9.17) is 0 Å². The molecule has 0 saturated carbocycles. The zero-order chi connectivity index (χ0) is 14.4. The van der Waals surface area contributed by atoms with Crippen LogP contribution in [0.1, 0.15) is 44.2 Å². The maximum atomic E-state index is 11.5. The number of benzene rings is 1. The maximum absolute atomic E-state index is 11.5. The van der Waals surface area contributed by atoms with Gasteiger partial charge in [-0.05, 0) is 42.2 Å². The number of hydrogen-bond donors (Lipinski definition) is 2. The van der Waals surface area contributed by atoms with Crippen molar-refractivity contribution in [1.29, 1.82) is 0 Å². The highest BCUT2D eigenvalue weighted by molar-refractivity contribution is 5.39. The van der Waals surface area contributed by atoms with E-state index in [1.54, 1.807) is 0 Å². The average molecular weight is 272 g/mol. The molecule has 108 valence electrons. The van der Waals surface area contributed by atoms with E-state index >= 15 is 0 Å². The van der Waals surface area contributed by atoms with Crippen molar-refractivity contribution in [3.63, 3.8) is 0 Å². The van der Waals surface area contributed by atoms with E-state index in [1.165, 1.54) is 5.56 Å². The summed E-state index contributed by atoms with van der Waals surface area (Å²) in [5, 5.41) is 22.3. The quantitative estimate of drug-likeness (QED) is 0.771. The lowest BCUT2D eigenvalue weighted by Gasteiger charge is -2.51. The summed E-state index contributed by atoms with van der Waals surface area (Å²) in [6.45, 7) is 4.09. The molecule has 2 heteroatoms. The standard InChI is InChI=1S/C18H24O2/c1-17(2)12-13-8-6-7-11-15(13)18(20,16(17)19)14-9-4-3-5-10-14/h4,6-9,11,14,16,19-20H,3,5,10,12H2,1-2H3. The fourth-order valence-electron chi connectivity index (χ4n) is 3.98. The molecule has 3 unspecified atom stereocenters. The van der Waals surface area contributed by atoms with Gasteiger partial charge in [0.2, 0.25) is 0 Å². The largest absolute Gasteiger partial charge is 0.389 e. The van der Waals surface area contributed by atoms with Crippen LogP contribution >= 0.6 is 0 Å². The Kier molecular flexibility index (Phi) is 3.26. The first kappa shape index (κ1) is 13.8. The zero-order valence-corrected chi connectivity index (χ0v) is 12.3. The van der Waals surface area contributed by atoms with Gasteiger partial charge in [0, 0.05) is 5.92 Å². The van der Waals surface area contributed by atoms with Crippen molar-refractivity contribution in [3.05, 3.63) is 47.5 Å². The minimum atomic E-state index is -1.16. The van der Waals surface area contributed by atoms with Crippen LogP contribution in [0.25, 0.3) is 0 Å². The monoisotopic (exact) mass is 272 g/mol. The minimum absolute atomic E-state index is 0.00646. The third kappa shape index (κ3) is 1.94. The van der Waals surface area contributed by atoms with E-state index in [2.05, 4.69) is 18.2 Å². The summed E-state index contributed by atoms with van der Waals surface area (Å²) in [5.74, 6) is 0.00646. The second kappa shape index (κ2) is 4.71. The van der Waals surface area contributed by atoms with Gasteiger partial charge in [-0.1, -0.05) is 50.3 Å². The molecule has 0 amide bonds. The lowest BCUT2D eigenvalue weighted by Crippen LogP contribution is -2.56. The van der Waals surface area contributed by atoms with Crippen LogP contribution in [0.15, 0.2) is 36.4 Å². The van der Waals surface area contributed by atoms with Crippen molar-refractivity contribution in [2.45, 2.75) is 51.2 Å². The molecule has 3 atom stereocenters. The van der Waals surface area contributed by atoms with Gasteiger partial charge in [-0.15, -0.1) is 0 Å². The molecule has 0 radical (unpaired) electrons. The maximum Gasteiger partial charge on any atom is 0.122 e. The highest BCUT2D eigenvalue weighted by Crippen LogP contribution is 2.50. The van der Waals surface area contributed by atoms with Crippen molar-refractivity contribution < 1.29 is 10.2 Å². The predicted molar refractivity (Wildman–Crippen MR) is 80.3 cm³/mol. The molecule has 0 aromatic heterocycles. The van der Waals surface area contributed by atoms with Gasteiger partial charge in [-0.3, -0.25) is 0 Å². The molecular formula is C18H24O2. The zero-order valence-electron chi connectivity index (χ0n) is 12.3. The van der Waals surface area contributed by atoms with Crippen molar-refractivity contribution in [2.24, 2.45) is 11.3 Å². The SMILES string of the molecule is CC1(C)Cc2ccccc2C(O)(C2C=CCCC2)C1O. The van der Waals surface area contributed by atoms with Crippen molar-refractivity contribution in [1.82, 2.24) is 0 Å². The van der Waals surface area contributed by atoms with Crippen LogP contribution in [0.3, 0.4) is 0 Å². The molecule has 1 aromatic carbocycles. The molecule has 2 N–H and O–H groups in total. The Morgan fingerprint density at radius 3 is 2.65 bits per heavy atom. The topological polar surface area (TPSA) is 40.5 Å². The first-order valence-corrected chi connectivity index (χ1v) is 7.62. The van der Waals surface area contributed by atoms with E-state index in [0.717, 1.165) is 31.2 Å². The van der Waals surface area contributed by atoms with Crippen molar-refractivity contribution in [2.75, 3.05) is 0 Å². The second-order valence-corrected chi connectivity index (χ2v) is 7.02. The number of allylic oxidation sites excluding steroid dienone is 1. The molecule has 1 aromatic rings. The molecule has 3 rings (SSSR count). The number of aliphatic hydroxyl groups excluding tert-OH is 1. The van der Waals surface area contributed by atoms with Crippen LogP contribution in [0.2, 0.25) is 0 Å². The van der Waals surface area contributed by atoms with E-state index < -0.39 is 11.7 Å². The van der Waals surface area contributed by atoms with Crippen LogP contribution in [0.4, 0.5) is 0 Å². The van der Waals surface area contributed by atoms with Crippen molar-refractivity contribution in [3.8, 4) is 0 Å². The second-order valence-electron chi connectivity index (χ2n) is 7.02. The molecule has 0 fully saturated rings. The average Bonchev–Trinajstić information content (AvgIpc) is 2.46. The molecule has 0 saturated heterocycles. The first-order valence-electron chi connectivity index (χ1n) is 7.62. The highest BCUT2D eigenvalue weighted by atomic mass is 16.3. The van der Waals surface area contributed by atoms with E-state index in [-0.39, 0.29) is 11.3 Å². The van der Waals surface area contributed by atoms with Crippen LogP contribution in [-0.4, -0.2) is 16.3 Å². The Labute approximate surface area is 121 Å². The van der Waals surface area contributed by atoms with Crippen LogP contribution in [-0.2, 0) is 12.0 Å². The third-order valence-electron chi connectivity index (χ3n) is 5.07. The number of aliphatic hydroxyl groups is 2. The van der Waals surface area contributed by atoms with Crippen LogP contribution < -0.4 is 0 Å². The summed E-state index contributed by atoms with van der Waals surface area (Å²) >= 11 is 0. The molecule has 0 bridgehead atoms. The fourth-order valence-corrected chi connectivity index (χ4v) is 3.98. The molecule has 2 aliphatic rings. The van der Waals surface area contributed by atoms with Crippen LogP contribution in [0, 0.1) is 11.3 Å². The molecular weight excluding hydrogens is 248 g/mol. The lowest BCUT2D eigenvalue weighted by molar-refractivity contribution is -0.164. The molecule has 0 aliphatic heterocycles. The lowest BCUT2D eigenvalue weighted by atomic mass is 9.59. The van der Waals surface area contributed by atoms with Gasteiger partial charge < -0.3 is 10.2 Å². The number of rotatable bonds is 1. The summed E-state index contributed by atoms with van der Waals surface area (Å²) in [6.07, 6.45) is 7.41. The Bertz CT molecular complexity index is 532. The van der Waals surface area contributed by atoms with Gasteiger partial charge in [0.15, 0.2) is 0 Å². The molecule has 2 nitrogen and oxygen atoms in total. The molecule has 20 heavy (non-hydrogen) atoms. The van der Waals surface area contributed by atoms with Gasteiger partial charge in [-0.25, -0.2) is 0 Å². The molecule has 2 aliphatic carbocycles. The summed E-state index contributed by atoms with van der Waals surface area (Å²) < 4.78 is 0. The smallest absolute Gasteiger partial charge is 0.122 e. The van der Waals surface area contributed by atoms with E-state index in [1.807, 2.05) is 32.0 Å². The summed E-state index contributed by atoms with van der Waals surface area (Å²) in [5.41, 5.74) is 0.622. The van der Waals surface area contributed by atoms with Crippen LogP contribution in [0.5, 0.6) is 0 Å². The third-order valence-corrected chi connectivity index (χ3v) is 5.07. The fraction of sp³-hybridized carbons (Fsp3) is 0.556. The molecule has 0 heterocycles. The Morgan fingerprint density at radius 1 is 1.20 bits per heavy atom. The van der Waals surface area contributed by atoms with E-state index in [0.29, 0.717) is 0 Å². The van der Waals surface area contributed by atoms with Gasteiger partial charge in [0.25, 0.3) is 0 Å². The van der Waals surface area contributed by atoms with Crippen molar-refractivity contribution >= 4 is 0 Å². The molecule has 0 spiro atoms. The summed E-state index contributed by atoms with van der Waals surface area (Å²) in [6, 6.07) is 8.04. The van der Waals surface area contributed by atoms with E-state index in [9.17, 15) is 10.2 Å². The van der Waals surface area contributed by atoms with Gasteiger partial charge in [0.05, 0.1) is 6.10 Å². The predicted octanol–water partition coefficient (Wildman–Crippen LogP) is 3.17. The normalized spacial score (nSPS) is 35.6.